The highest BCUT2D eigenvalue weighted by Gasteiger charge is 2.35. The van der Waals surface area contributed by atoms with Crippen molar-refractivity contribution in [2.24, 2.45) is 0 Å². The van der Waals surface area contributed by atoms with Crippen LogP contribution >= 0.6 is 0 Å². The van der Waals surface area contributed by atoms with Crippen LogP contribution in [0.2, 0.25) is 0 Å². The van der Waals surface area contributed by atoms with Gasteiger partial charge in [-0.05, 0) is 6.92 Å². The fraction of sp³-hybridized carbons (Fsp3) is 0.538. The number of aromatic nitrogens is 2. The molecule has 1 aromatic rings. The second-order valence-electron chi connectivity index (χ2n) is 4.71. The maximum Gasteiger partial charge on any atom is 0.333 e. The van der Waals surface area contributed by atoms with Crippen LogP contribution in [-0.2, 0) is 11.3 Å². The minimum atomic E-state index is -0.856. The monoisotopic (exact) mass is 280 g/mol. The Kier molecular flexibility index (Phi) is 4.09. The second kappa shape index (κ2) is 5.63. The number of aliphatic hydroxyl groups is 2. The van der Waals surface area contributed by atoms with Crippen LogP contribution in [0.1, 0.15) is 18.2 Å². The molecule has 1 aromatic heterocycles. The van der Waals surface area contributed by atoms with Gasteiger partial charge in [-0.1, -0.05) is 5.92 Å². The average molecular weight is 280 g/mol. The van der Waals surface area contributed by atoms with E-state index in [1.54, 1.807) is 6.92 Å². The third-order valence-electron chi connectivity index (χ3n) is 3.31. The van der Waals surface area contributed by atoms with Crippen molar-refractivity contribution in [3.05, 3.63) is 32.6 Å². The number of terminal acetylenes is 1. The van der Waals surface area contributed by atoms with Gasteiger partial charge in [-0.3, -0.25) is 9.36 Å². The van der Waals surface area contributed by atoms with E-state index in [2.05, 4.69) is 5.92 Å². The first kappa shape index (κ1) is 14.5. The molecule has 0 saturated carbocycles. The molecular formula is C13H16N2O5. The Morgan fingerprint density at radius 1 is 1.55 bits per heavy atom. The number of aliphatic hydroxyl groups excluding tert-OH is 2. The van der Waals surface area contributed by atoms with E-state index in [0.29, 0.717) is 5.56 Å². The Hall–Kier alpha value is -1.88. The molecule has 108 valence electrons. The lowest BCUT2D eigenvalue weighted by molar-refractivity contribution is -0.0463. The molecule has 0 aliphatic carbocycles. The van der Waals surface area contributed by atoms with Crippen LogP contribution in [0.15, 0.2) is 15.8 Å². The van der Waals surface area contributed by atoms with Crippen molar-refractivity contribution in [2.45, 2.75) is 38.3 Å². The summed E-state index contributed by atoms with van der Waals surface area (Å²) in [5, 5.41) is 18.8. The van der Waals surface area contributed by atoms with Gasteiger partial charge in [0.15, 0.2) is 0 Å². The van der Waals surface area contributed by atoms with Gasteiger partial charge < -0.3 is 14.9 Å². The number of hydrogen-bond acceptors (Lipinski definition) is 5. The molecule has 1 saturated heterocycles. The normalized spacial score (nSPS) is 25.6. The molecule has 1 aliphatic rings. The summed E-state index contributed by atoms with van der Waals surface area (Å²) >= 11 is 0. The Morgan fingerprint density at radius 3 is 2.80 bits per heavy atom. The van der Waals surface area contributed by atoms with Crippen molar-refractivity contribution in [1.82, 2.24) is 9.13 Å². The van der Waals surface area contributed by atoms with Gasteiger partial charge in [0.1, 0.15) is 12.3 Å². The third-order valence-corrected chi connectivity index (χ3v) is 3.31. The Morgan fingerprint density at radius 2 is 2.25 bits per heavy atom. The zero-order valence-corrected chi connectivity index (χ0v) is 11.0. The molecule has 0 aromatic carbocycles. The summed E-state index contributed by atoms with van der Waals surface area (Å²) in [6.07, 6.45) is 4.39. The molecule has 2 N–H and O–H groups in total. The third kappa shape index (κ3) is 2.41. The summed E-state index contributed by atoms with van der Waals surface area (Å²) in [5.41, 5.74) is -0.679. The van der Waals surface area contributed by atoms with E-state index in [1.807, 2.05) is 0 Å². The van der Waals surface area contributed by atoms with Crippen LogP contribution in [0, 0.1) is 19.3 Å². The zero-order valence-electron chi connectivity index (χ0n) is 11.0. The Balaban J connectivity index is 2.47. The smallest absolute Gasteiger partial charge is 0.333 e. The maximum atomic E-state index is 12.2. The minimum absolute atomic E-state index is 0.127. The lowest BCUT2D eigenvalue weighted by Gasteiger charge is -2.16. The van der Waals surface area contributed by atoms with Crippen LogP contribution in [0.4, 0.5) is 0 Å². The molecule has 20 heavy (non-hydrogen) atoms. The van der Waals surface area contributed by atoms with E-state index >= 15 is 0 Å². The summed E-state index contributed by atoms with van der Waals surface area (Å²) in [7, 11) is 0. The molecule has 3 atom stereocenters. The van der Waals surface area contributed by atoms with E-state index in [1.165, 1.54) is 10.8 Å². The minimum Gasteiger partial charge on any atom is -0.394 e. The highest BCUT2D eigenvalue weighted by Crippen LogP contribution is 2.27. The quantitative estimate of drug-likeness (QED) is 0.664. The van der Waals surface area contributed by atoms with Crippen LogP contribution in [0.3, 0.4) is 0 Å². The molecule has 0 radical (unpaired) electrons. The molecule has 0 amide bonds. The molecule has 2 rings (SSSR count). The number of aryl methyl sites for hydroxylation is 1. The van der Waals surface area contributed by atoms with Crippen LogP contribution < -0.4 is 11.2 Å². The van der Waals surface area contributed by atoms with Crippen molar-refractivity contribution in [3.63, 3.8) is 0 Å². The summed E-state index contributed by atoms with van der Waals surface area (Å²) in [6.45, 7) is 1.10. The average Bonchev–Trinajstić information content (AvgIpc) is 2.80. The summed E-state index contributed by atoms with van der Waals surface area (Å²) in [5.74, 6) is 2.26. The standard InChI is InChI=1S/C13H16N2O5/c1-3-4-14-12(18)8(2)6-15(13(14)19)11-5-9(17)10(7-16)20-11/h1,6,9-11,16-17H,4-5,7H2,2H3/t9-,10-,11-/m1/s1. The van der Waals surface area contributed by atoms with Gasteiger partial charge in [0.05, 0.1) is 19.3 Å². The first-order valence-corrected chi connectivity index (χ1v) is 6.20. The summed E-state index contributed by atoms with van der Waals surface area (Å²) < 4.78 is 7.58. The van der Waals surface area contributed by atoms with E-state index in [-0.39, 0.29) is 19.6 Å². The van der Waals surface area contributed by atoms with Crippen molar-refractivity contribution >= 4 is 0 Å². The highest BCUT2D eigenvalue weighted by atomic mass is 16.5. The SMILES string of the molecule is C#CCn1c(=O)c(C)cn([C@H]2C[C@@H](O)[C@@H](CO)O2)c1=O. The van der Waals surface area contributed by atoms with Crippen LogP contribution in [0.25, 0.3) is 0 Å². The molecule has 1 fully saturated rings. The Bertz CT molecular complexity index is 654. The van der Waals surface area contributed by atoms with Gasteiger partial charge in [0.2, 0.25) is 0 Å². The molecule has 0 unspecified atom stereocenters. The van der Waals surface area contributed by atoms with Gasteiger partial charge in [0, 0.05) is 18.2 Å². The molecule has 0 spiro atoms. The summed E-state index contributed by atoms with van der Waals surface area (Å²) in [4.78, 5) is 24.1. The summed E-state index contributed by atoms with van der Waals surface area (Å²) in [6, 6.07) is 0. The molecule has 2 heterocycles. The van der Waals surface area contributed by atoms with Crippen LogP contribution in [-0.4, -0.2) is 38.2 Å². The van der Waals surface area contributed by atoms with Gasteiger partial charge in [0.25, 0.3) is 5.56 Å². The first-order chi connectivity index (χ1) is 9.49. The van der Waals surface area contributed by atoms with E-state index in [0.717, 1.165) is 4.57 Å². The molecular weight excluding hydrogens is 264 g/mol. The number of ether oxygens (including phenoxy) is 1. The molecule has 7 heteroatoms. The van der Waals surface area contributed by atoms with Gasteiger partial charge in [-0.2, -0.15) is 0 Å². The maximum absolute atomic E-state index is 12.2. The van der Waals surface area contributed by atoms with Crippen molar-refractivity contribution in [1.29, 1.82) is 0 Å². The predicted octanol–water partition coefficient (Wildman–Crippen LogP) is -1.41. The number of hydrogen-bond donors (Lipinski definition) is 2. The van der Waals surface area contributed by atoms with Crippen LogP contribution in [0.5, 0.6) is 0 Å². The molecule has 7 nitrogen and oxygen atoms in total. The van der Waals surface area contributed by atoms with E-state index in [4.69, 9.17) is 16.3 Å². The van der Waals surface area contributed by atoms with E-state index < -0.39 is 29.7 Å². The fourth-order valence-corrected chi connectivity index (χ4v) is 2.25. The van der Waals surface area contributed by atoms with Crippen molar-refractivity contribution in [3.8, 4) is 12.3 Å². The fourth-order valence-electron chi connectivity index (χ4n) is 2.25. The topological polar surface area (TPSA) is 93.7 Å². The number of rotatable bonds is 3. The zero-order chi connectivity index (χ0) is 14.9. The highest BCUT2D eigenvalue weighted by molar-refractivity contribution is 5.05. The van der Waals surface area contributed by atoms with Gasteiger partial charge in [-0.25, -0.2) is 9.36 Å². The largest absolute Gasteiger partial charge is 0.394 e. The van der Waals surface area contributed by atoms with Crippen molar-refractivity contribution in [2.75, 3.05) is 6.61 Å². The Labute approximate surface area is 115 Å². The lowest BCUT2D eigenvalue weighted by Crippen LogP contribution is -2.42. The van der Waals surface area contributed by atoms with Gasteiger partial charge in [-0.15, -0.1) is 6.42 Å². The molecule has 1 aliphatic heterocycles. The lowest BCUT2D eigenvalue weighted by atomic mass is 10.2. The predicted molar refractivity (Wildman–Crippen MR) is 70.2 cm³/mol. The second-order valence-corrected chi connectivity index (χ2v) is 4.71. The van der Waals surface area contributed by atoms with Gasteiger partial charge >= 0.3 is 5.69 Å². The van der Waals surface area contributed by atoms with E-state index in [9.17, 15) is 14.7 Å². The number of nitrogens with zero attached hydrogens (tertiary/aromatic N) is 2. The first-order valence-electron chi connectivity index (χ1n) is 6.20. The van der Waals surface area contributed by atoms with Crippen molar-refractivity contribution < 1.29 is 14.9 Å². The molecule has 0 bridgehead atoms.